The summed E-state index contributed by atoms with van der Waals surface area (Å²) in [5, 5.41) is 15.1. The van der Waals surface area contributed by atoms with Crippen molar-refractivity contribution < 1.29 is 24.2 Å². The van der Waals surface area contributed by atoms with Crippen molar-refractivity contribution in [3.8, 4) is 11.1 Å². The number of amides is 2. The van der Waals surface area contributed by atoms with Gasteiger partial charge in [0, 0.05) is 23.9 Å². The molecule has 3 aliphatic carbocycles. The highest BCUT2D eigenvalue weighted by Gasteiger charge is 2.38. The molecule has 0 saturated heterocycles. The first-order chi connectivity index (χ1) is 16.5. The number of carboxylic acids is 1. The summed E-state index contributed by atoms with van der Waals surface area (Å²) in [7, 11) is 0. The van der Waals surface area contributed by atoms with Gasteiger partial charge in [0.15, 0.2) is 0 Å². The predicted molar refractivity (Wildman–Crippen MR) is 126 cm³/mol. The third-order valence-corrected chi connectivity index (χ3v) is 7.54. The molecule has 0 heterocycles. The van der Waals surface area contributed by atoms with Gasteiger partial charge in [-0.25, -0.2) is 4.79 Å². The highest BCUT2D eigenvalue weighted by atomic mass is 16.5. The Kier molecular flexibility index (Phi) is 6.26. The monoisotopic (exact) mass is 462 g/mol. The maximum atomic E-state index is 12.5. The maximum absolute atomic E-state index is 12.5. The second-order valence-corrected chi connectivity index (χ2v) is 9.74. The van der Waals surface area contributed by atoms with E-state index < -0.39 is 12.1 Å². The molecule has 0 aromatic heterocycles. The topological polar surface area (TPSA) is 105 Å². The average molecular weight is 463 g/mol. The molecule has 2 aromatic carbocycles. The molecule has 0 spiro atoms. The van der Waals surface area contributed by atoms with Crippen molar-refractivity contribution in [3.05, 3.63) is 59.7 Å². The van der Waals surface area contributed by atoms with Gasteiger partial charge >= 0.3 is 12.1 Å². The van der Waals surface area contributed by atoms with Crippen molar-refractivity contribution in [2.24, 2.45) is 11.8 Å². The lowest BCUT2D eigenvalue weighted by Crippen LogP contribution is -2.51. The summed E-state index contributed by atoms with van der Waals surface area (Å²) in [5.41, 5.74) is 4.72. The number of rotatable bonds is 6. The van der Waals surface area contributed by atoms with E-state index in [0.717, 1.165) is 12.8 Å². The molecule has 0 bridgehead atoms. The maximum Gasteiger partial charge on any atom is 0.407 e. The van der Waals surface area contributed by atoms with Crippen LogP contribution in [-0.2, 0) is 14.3 Å². The standard InChI is InChI=1S/C27H30N2O5/c30-25(28-18-7-5-6-16(12-18)26(31)32)17-13-19(14-17)29-27(33)34-15-24-22-10-3-1-8-20(22)21-9-2-4-11-23(21)24/h1-4,8-11,16-19,24H,5-7,12-15H2,(H,28,30)(H,29,33)(H,31,32). The number of carbonyl (C=O) groups excluding carboxylic acids is 2. The van der Waals surface area contributed by atoms with Crippen molar-refractivity contribution in [2.45, 2.75) is 56.5 Å². The van der Waals surface area contributed by atoms with Crippen LogP contribution in [0, 0.1) is 11.8 Å². The predicted octanol–water partition coefficient (Wildman–Crippen LogP) is 4.06. The molecule has 7 nitrogen and oxygen atoms in total. The van der Waals surface area contributed by atoms with Gasteiger partial charge in [0.05, 0.1) is 5.92 Å². The third kappa shape index (κ3) is 4.52. The van der Waals surface area contributed by atoms with E-state index in [4.69, 9.17) is 4.74 Å². The summed E-state index contributed by atoms with van der Waals surface area (Å²) in [6.07, 6.45) is 3.51. The minimum absolute atomic E-state index is 0.0168. The van der Waals surface area contributed by atoms with Crippen LogP contribution in [0.4, 0.5) is 4.79 Å². The Morgan fingerprint density at radius 2 is 1.44 bits per heavy atom. The van der Waals surface area contributed by atoms with E-state index in [-0.39, 0.29) is 42.4 Å². The fourth-order valence-electron chi connectivity index (χ4n) is 5.62. The largest absolute Gasteiger partial charge is 0.481 e. The summed E-state index contributed by atoms with van der Waals surface area (Å²) in [4.78, 5) is 36.2. The molecule has 2 amide bonds. The second kappa shape index (κ2) is 9.49. The van der Waals surface area contributed by atoms with E-state index in [1.165, 1.54) is 22.3 Å². The van der Waals surface area contributed by atoms with Crippen molar-refractivity contribution in [1.29, 1.82) is 0 Å². The molecular weight excluding hydrogens is 432 g/mol. The molecule has 34 heavy (non-hydrogen) atoms. The molecule has 2 saturated carbocycles. The minimum atomic E-state index is -0.782. The molecule has 7 heteroatoms. The van der Waals surface area contributed by atoms with E-state index in [9.17, 15) is 19.5 Å². The van der Waals surface area contributed by atoms with Crippen LogP contribution in [0.3, 0.4) is 0 Å². The number of aliphatic carboxylic acids is 1. The van der Waals surface area contributed by atoms with Crippen molar-refractivity contribution in [2.75, 3.05) is 6.61 Å². The minimum Gasteiger partial charge on any atom is -0.481 e. The fraction of sp³-hybridized carbons (Fsp3) is 0.444. The lowest BCUT2D eigenvalue weighted by atomic mass is 9.79. The molecule has 3 N–H and O–H groups in total. The zero-order valence-electron chi connectivity index (χ0n) is 19.0. The van der Waals surface area contributed by atoms with Crippen LogP contribution in [0.5, 0.6) is 0 Å². The Hall–Kier alpha value is -3.35. The molecular formula is C27H30N2O5. The zero-order chi connectivity index (χ0) is 23.7. The summed E-state index contributed by atoms with van der Waals surface area (Å²) in [6, 6.07) is 16.3. The highest BCUT2D eigenvalue weighted by molar-refractivity contribution is 5.81. The van der Waals surface area contributed by atoms with Gasteiger partial charge in [-0.2, -0.15) is 0 Å². The van der Waals surface area contributed by atoms with Gasteiger partial charge in [-0.05, 0) is 54.4 Å². The number of benzene rings is 2. The van der Waals surface area contributed by atoms with Gasteiger partial charge in [-0.15, -0.1) is 0 Å². The summed E-state index contributed by atoms with van der Waals surface area (Å²) in [6.45, 7) is 0.267. The number of ether oxygens (including phenoxy) is 1. The van der Waals surface area contributed by atoms with E-state index in [1.807, 2.05) is 24.3 Å². The molecule has 0 aliphatic heterocycles. The highest BCUT2D eigenvalue weighted by Crippen LogP contribution is 2.44. The lowest BCUT2D eigenvalue weighted by Gasteiger charge is -2.36. The van der Waals surface area contributed by atoms with Crippen LogP contribution in [0.15, 0.2) is 48.5 Å². The normalized spacial score (nSPS) is 25.4. The first-order valence-electron chi connectivity index (χ1n) is 12.1. The van der Waals surface area contributed by atoms with Gasteiger partial charge < -0.3 is 20.5 Å². The van der Waals surface area contributed by atoms with Crippen molar-refractivity contribution in [1.82, 2.24) is 10.6 Å². The van der Waals surface area contributed by atoms with Crippen LogP contribution in [-0.4, -0.2) is 41.8 Å². The summed E-state index contributed by atoms with van der Waals surface area (Å²) >= 11 is 0. The van der Waals surface area contributed by atoms with E-state index in [0.29, 0.717) is 25.7 Å². The smallest absolute Gasteiger partial charge is 0.407 e. The number of carboxylic acid groups (broad SMARTS) is 1. The molecule has 2 aromatic rings. The Labute approximate surface area is 198 Å². The van der Waals surface area contributed by atoms with Gasteiger partial charge in [-0.1, -0.05) is 55.0 Å². The number of carbonyl (C=O) groups is 3. The molecule has 0 radical (unpaired) electrons. The third-order valence-electron chi connectivity index (χ3n) is 7.54. The fourth-order valence-corrected chi connectivity index (χ4v) is 5.62. The second-order valence-electron chi connectivity index (χ2n) is 9.74. The van der Waals surface area contributed by atoms with E-state index >= 15 is 0 Å². The van der Waals surface area contributed by atoms with Gasteiger partial charge in [0.1, 0.15) is 6.61 Å². The molecule has 2 atom stereocenters. The van der Waals surface area contributed by atoms with E-state index in [2.05, 4.69) is 34.9 Å². The Balaban J connectivity index is 1.08. The van der Waals surface area contributed by atoms with Crippen LogP contribution in [0.1, 0.15) is 55.6 Å². The number of fused-ring (bicyclic) bond motifs is 3. The van der Waals surface area contributed by atoms with Crippen LogP contribution < -0.4 is 10.6 Å². The number of alkyl carbamates (subject to hydrolysis) is 1. The summed E-state index contributed by atoms with van der Waals surface area (Å²) in [5.74, 6) is -1.33. The number of hydrogen-bond donors (Lipinski definition) is 3. The van der Waals surface area contributed by atoms with Crippen LogP contribution >= 0.6 is 0 Å². The van der Waals surface area contributed by atoms with Gasteiger partial charge in [-0.3, -0.25) is 9.59 Å². The molecule has 2 fully saturated rings. The van der Waals surface area contributed by atoms with Gasteiger partial charge in [0.2, 0.25) is 5.91 Å². The molecule has 2 unspecified atom stereocenters. The quantitative estimate of drug-likeness (QED) is 0.600. The van der Waals surface area contributed by atoms with Crippen LogP contribution in [0.25, 0.3) is 11.1 Å². The Bertz CT molecular complexity index is 1050. The Morgan fingerprint density at radius 1 is 0.824 bits per heavy atom. The van der Waals surface area contributed by atoms with Crippen molar-refractivity contribution >= 4 is 18.0 Å². The van der Waals surface area contributed by atoms with E-state index in [1.54, 1.807) is 0 Å². The van der Waals surface area contributed by atoms with Gasteiger partial charge in [0.25, 0.3) is 0 Å². The lowest BCUT2D eigenvalue weighted by molar-refractivity contribution is -0.143. The number of nitrogens with one attached hydrogen (secondary N) is 2. The average Bonchev–Trinajstić information content (AvgIpc) is 3.13. The Morgan fingerprint density at radius 3 is 2.09 bits per heavy atom. The zero-order valence-corrected chi connectivity index (χ0v) is 19.0. The molecule has 178 valence electrons. The summed E-state index contributed by atoms with van der Waals surface area (Å²) < 4.78 is 5.59. The number of hydrogen-bond acceptors (Lipinski definition) is 4. The first-order valence-corrected chi connectivity index (χ1v) is 12.1. The van der Waals surface area contributed by atoms with Crippen molar-refractivity contribution in [3.63, 3.8) is 0 Å². The first kappa shape index (κ1) is 22.4. The molecule has 5 rings (SSSR count). The molecule has 3 aliphatic rings. The SMILES string of the molecule is O=C(NC1CC(C(=O)NC2CCCC(C(=O)O)C2)C1)OCC1c2ccccc2-c2ccccc21. The van der Waals surface area contributed by atoms with Crippen LogP contribution in [0.2, 0.25) is 0 Å².